The first-order valence-corrected chi connectivity index (χ1v) is 10.5. The van der Waals surface area contributed by atoms with Gasteiger partial charge in [0.2, 0.25) is 11.8 Å². The molecule has 3 heterocycles. The van der Waals surface area contributed by atoms with Crippen molar-refractivity contribution < 1.29 is 9.59 Å². The van der Waals surface area contributed by atoms with Gasteiger partial charge < -0.3 is 10.2 Å². The standard InChI is InChI=1S/C20H33N5O2/c1-17-16-19-24(14-7-15-25(19)22-17)20(27)9-8-18(26)21-10-6-13-23-11-4-2-3-5-12-23/h16H,2-15H2,1H3,(H,21,26). The van der Waals surface area contributed by atoms with Crippen molar-refractivity contribution in [3.8, 4) is 0 Å². The Labute approximate surface area is 162 Å². The van der Waals surface area contributed by atoms with Crippen molar-refractivity contribution in [2.45, 2.75) is 64.8 Å². The normalized spacial score (nSPS) is 18.0. The van der Waals surface area contributed by atoms with E-state index in [2.05, 4.69) is 15.3 Å². The van der Waals surface area contributed by atoms with Crippen LogP contribution in [0.2, 0.25) is 0 Å². The van der Waals surface area contributed by atoms with Gasteiger partial charge in [0.15, 0.2) is 0 Å². The molecular formula is C20H33N5O2. The van der Waals surface area contributed by atoms with E-state index in [9.17, 15) is 9.59 Å². The number of nitrogens with one attached hydrogen (secondary N) is 1. The molecule has 3 rings (SSSR count). The van der Waals surface area contributed by atoms with Crippen LogP contribution in [0.15, 0.2) is 6.07 Å². The Hall–Kier alpha value is -1.89. The highest BCUT2D eigenvalue weighted by atomic mass is 16.2. The largest absolute Gasteiger partial charge is 0.356 e. The minimum atomic E-state index is -0.0269. The SMILES string of the molecule is Cc1cc2n(n1)CCCN2C(=O)CCC(=O)NCCCN1CCCCCC1. The molecule has 7 heteroatoms. The third kappa shape index (κ3) is 5.79. The first-order chi connectivity index (χ1) is 13.1. The van der Waals surface area contributed by atoms with Crippen molar-refractivity contribution >= 4 is 17.6 Å². The molecule has 1 saturated heterocycles. The van der Waals surface area contributed by atoms with Gasteiger partial charge in [0.25, 0.3) is 0 Å². The molecular weight excluding hydrogens is 342 g/mol. The van der Waals surface area contributed by atoms with Crippen molar-refractivity contribution in [1.82, 2.24) is 20.0 Å². The number of aromatic nitrogens is 2. The third-order valence-corrected chi connectivity index (χ3v) is 5.45. The zero-order valence-corrected chi connectivity index (χ0v) is 16.6. The predicted octanol–water partition coefficient (Wildman–Crippen LogP) is 2.09. The summed E-state index contributed by atoms with van der Waals surface area (Å²) in [5, 5.41) is 7.38. The Morgan fingerprint density at radius 1 is 1.04 bits per heavy atom. The lowest BCUT2D eigenvalue weighted by molar-refractivity contribution is -0.125. The molecule has 2 aliphatic rings. The smallest absolute Gasteiger partial charge is 0.228 e. The summed E-state index contributed by atoms with van der Waals surface area (Å²) in [6.07, 6.45) is 7.67. The number of carbonyl (C=O) groups excluding carboxylic acids is 2. The molecule has 1 aromatic rings. The molecule has 1 aromatic heterocycles. The van der Waals surface area contributed by atoms with Gasteiger partial charge in [-0.05, 0) is 52.2 Å². The quantitative estimate of drug-likeness (QED) is 0.741. The molecule has 0 bridgehead atoms. The average molecular weight is 376 g/mol. The molecule has 27 heavy (non-hydrogen) atoms. The van der Waals surface area contributed by atoms with Crippen molar-refractivity contribution in [1.29, 1.82) is 0 Å². The van der Waals surface area contributed by atoms with E-state index in [-0.39, 0.29) is 24.7 Å². The Morgan fingerprint density at radius 2 is 1.81 bits per heavy atom. The first-order valence-electron chi connectivity index (χ1n) is 10.5. The lowest BCUT2D eigenvalue weighted by Gasteiger charge is -2.27. The Balaban J connectivity index is 1.34. The van der Waals surface area contributed by atoms with Crippen LogP contribution in [0.4, 0.5) is 5.82 Å². The van der Waals surface area contributed by atoms with E-state index in [4.69, 9.17) is 0 Å². The molecule has 1 N–H and O–H groups in total. The fraction of sp³-hybridized carbons (Fsp3) is 0.750. The number of anilines is 1. The highest BCUT2D eigenvalue weighted by Gasteiger charge is 2.24. The van der Waals surface area contributed by atoms with Gasteiger partial charge in [0.1, 0.15) is 5.82 Å². The van der Waals surface area contributed by atoms with Gasteiger partial charge in [-0.1, -0.05) is 12.8 Å². The van der Waals surface area contributed by atoms with Crippen molar-refractivity contribution in [2.24, 2.45) is 0 Å². The zero-order chi connectivity index (χ0) is 19.1. The maximum Gasteiger partial charge on any atom is 0.228 e. The van der Waals surface area contributed by atoms with Gasteiger partial charge in [0.05, 0.1) is 5.69 Å². The lowest BCUT2D eigenvalue weighted by Crippen LogP contribution is -2.38. The molecule has 1 fully saturated rings. The van der Waals surface area contributed by atoms with Gasteiger partial charge in [-0.15, -0.1) is 0 Å². The summed E-state index contributed by atoms with van der Waals surface area (Å²) in [5.74, 6) is 0.845. The number of nitrogens with zero attached hydrogens (tertiary/aromatic N) is 4. The molecule has 2 amide bonds. The van der Waals surface area contributed by atoms with Crippen LogP contribution in [0.25, 0.3) is 0 Å². The number of amides is 2. The van der Waals surface area contributed by atoms with Crippen LogP contribution in [-0.2, 0) is 16.1 Å². The van der Waals surface area contributed by atoms with Crippen LogP contribution < -0.4 is 10.2 Å². The van der Waals surface area contributed by atoms with E-state index in [0.29, 0.717) is 13.1 Å². The maximum atomic E-state index is 12.5. The summed E-state index contributed by atoms with van der Waals surface area (Å²) in [7, 11) is 0. The summed E-state index contributed by atoms with van der Waals surface area (Å²) in [4.78, 5) is 28.9. The number of rotatable bonds is 7. The van der Waals surface area contributed by atoms with E-state index in [1.807, 2.05) is 17.7 Å². The fourth-order valence-corrected chi connectivity index (χ4v) is 3.99. The molecule has 0 aromatic carbocycles. The van der Waals surface area contributed by atoms with Crippen LogP contribution in [-0.4, -0.2) is 59.2 Å². The van der Waals surface area contributed by atoms with E-state index >= 15 is 0 Å². The van der Waals surface area contributed by atoms with Gasteiger partial charge in [-0.3, -0.25) is 14.5 Å². The minimum Gasteiger partial charge on any atom is -0.356 e. The third-order valence-electron chi connectivity index (χ3n) is 5.45. The number of hydrogen-bond acceptors (Lipinski definition) is 4. The van der Waals surface area contributed by atoms with Crippen molar-refractivity contribution in [2.75, 3.05) is 37.6 Å². The summed E-state index contributed by atoms with van der Waals surface area (Å²) in [5.41, 5.74) is 0.923. The topological polar surface area (TPSA) is 70.5 Å². The van der Waals surface area contributed by atoms with Gasteiger partial charge in [0, 0.05) is 38.5 Å². The highest BCUT2D eigenvalue weighted by Crippen LogP contribution is 2.22. The second kappa shape index (κ2) is 9.88. The first kappa shape index (κ1) is 19.9. The zero-order valence-electron chi connectivity index (χ0n) is 16.6. The molecule has 0 radical (unpaired) electrons. The summed E-state index contributed by atoms with van der Waals surface area (Å²) in [6, 6.07) is 1.94. The van der Waals surface area contributed by atoms with E-state index in [0.717, 1.165) is 37.4 Å². The van der Waals surface area contributed by atoms with Gasteiger partial charge >= 0.3 is 0 Å². The number of likely N-dealkylation sites (tertiary alicyclic amines) is 1. The van der Waals surface area contributed by atoms with E-state index < -0.39 is 0 Å². The molecule has 150 valence electrons. The summed E-state index contributed by atoms with van der Waals surface area (Å²) >= 11 is 0. The van der Waals surface area contributed by atoms with Crippen LogP contribution in [0.3, 0.4) is 0 Å². The van der Waals surface area contributed by atoms with Crippen molar-refractivity contribution in [3.63, 3.8) is 0 Å². The Kier molecular flexibility index (Phi) is 7.26. The highest BCUT2D eigenvalue weighted by molar-refractivity contribution is 5.95. The molecule has 0 saturated carbocycles. The minimum absolute atomic E-state index is 0.00978. The molecule has 0 atom stereocenters. The monoisotopic (exact) mass is 375 g/mol. The van der Waals surface area contributed by atoms with E-state index in [1.165, 1.54) is 38.8 Å². The fourth-order valence-electron chi connectivity index (χ4n) is 3.99. The van der Waals surface area contributed by atoms with Crippen molar-refractivity contribution in [3.05, 3.63) is 11.8 Å². The molecule has 7 nitrogen and oxygen atoms in total. The average Bonchev–Trinajstić information content (AvgIpc) is 2.87. The summed E-state index contributed by atoms with van der Waals surface area (Å²) in [6.45, 7) is 7.62. The second-order valence-corrected chi connectivity index (χ2v) is 7.73. The van der Waals surface area contributed by atoms with Crippen LogP contribution in [0, 0.1) is 6.92 Å². The van der Waals surface area contributed by atoms with Crippen LogP contribution in [0.1, 0.15) is 57.1 Å². The van der Waals surface area contributed by atoms with Crippen LogP contribution in [0.5, 0.6) is 0 Å². The molecule has 0 spiro atoms. The Bertz CT molecular complexity index is 634. The number of fused-ring (bicyclic) bond motifs is 1. The lowest BCUT2D eigenvalue weighted by atomic mass is 10.2. The molecule has 2 aliphatic heterocycles. The van der Waals surface area contributed by atoms with Crippen LogP contribution >= 0.6 is 0 Å². The number of aryl methyl sites for hydroxylation is 2. The Morgan fingerprint density at radius 3 is 2.59 bits per heavy atom. The number of hydrogen-bond donors (Lipinski definition) is 1. The molecule has 0 unspecified atom stereocenters. The number of carbonyl (C=O) groups is 2. The maximum absolute atomic E-state index is 12.5. The van der Waals surface area contributed by atoms with E-state index in [1.54, 1.807) is 4.90 Å². The molecule has 0 aliphatic carbocycles. The van der Waals surface area contributed by atoms with Gasteiger partial charge in [-0.25, -0.2) is 4.68 Å². The predicted molar refractivity (Wildman–Crippen MR) is 106 cm³/mol. The summed E-state index contributed by atoms with van der Waals surface area (Å²) < 4.78 is 1.89. The second-order valence-electron chi connectivity index (χ2n) is 7.73. The van der Waals surface area contributed by atoms with Gasteiger partial charge in [-0.2, -0.15) is 5.10 Å².